The number of hydrogen-bond donors (Lipinski definition) is 1. The van der Waals surface area contributed by atoms with E-state index in [1.165, 1.54) is 11.1 Å². The zero-order chi connectivity index (χ0) is 13.9. The third-order valence-electron chi connectivity index (χ3n) is 3.93. The number of rotatable bonds is 5. The maximum Gasteiger partial charge on any atom is 0.0496 e. The molecule has 1 rings (SSSR count). The number of nitrogens with zero attached hydrogens (tertiary/aromatic N) is 1. The molecule has 0 spiro atoms. The van der Waals surface area contributed by atoms with Crippen LogP contribution in [0.4, 0.5) is 0 Å². The molecule has 0 aliphatic carbocycles. The van der Waals surface area contributed by atoms with E-state index in [9.17, 15) is 0 Å². The Labute approximate surface area is 112 Å². The molecule has 1 aromatic rings. The van der Waals surface area contributed by atoms with E-state index >= 15 is 0 Å². The minimum atomic E-state index is 0.123. The number of hydrogen-bond acceptors (Lipinski definition) is 2. The van der Waals surface area contributed by atoms with Crippen LogP contribution in [0.3, 0.4) is 0 Å². The molecule has 0 fully saturated rings. The molecule has 0 aliphatic rings. The summed E-state index contributed by atoms with van der Waals surface area (Å²) in [5.41, 5.74) is 8.83. The van der Waals surface area contributed by atoms with Gasteiger partial charge in [0.2, 0.25) is 0 Å². The topological polar surface area (TPSA) is 29.3 Å². The van der Waals surface area contributed by atoms with Crippen LogP contribution >= 0.6 is 0 Å². The number of likely N-dealkylation sites (N-methyl/N-ethyl adjacent to an activating group) is 1. The second-order valence-corrected chi connectivity index (χ2v) is 5.87. The fourth-order valence-electron chi connectivity index (χ4n) is 2.49. The smallest absolute Gasteiger partial charge is 0.0496 e. The number of benzene rings is 1. The van der Waals surface area contributed by atoms with Crippen molar-refractivity contribution in [1.29, 1.82) is 0 Å². The minimum absolute atomic E-state index is 0.123. The first kappa shape index (κ1) is 15.2. The molecule has 102 valence electrons. The van der Waals surface area contributed by atoms with Crippen molar-refractivity contribution in [3.05, 3.63) is 35.4 Å². The molecule has 0 radical (unpaired) electrons. The third-order valence-corrected chi connectivity index (χ3v) is 3.93. The van der Waals surface area contributed by atoms with Crippen molar-refractivity contribution >= 4 is 0 Å². The summed E-state index contributed by atoms with van der Waals surface area (Å²) in [6.45, 7) is 11.0. The van der Waals surface area contributed by atoms with Gasteiger partial charge in [-0.3, -0.25) is 4.90 Å². The highest BCUT2D eigenvalue weighted by Crippen LogP contribution is 2.26. The van der Waals surface area contributed by atoms with Gasteiger partial charge in [0.25, 0.3) is 0 Å². The summed E-state index contributed by atoms with van der Waals surface area (Å²) in [5.74, 6) is 0.626. The van der Waals surface area contributed by atoms with Gasteiger partial charge in [-0.2, -0.15) is 0 Å². The molecule has 3 unspecified atom stereocenters. The van der Waals surface area contributed by atoms with Crippen LogP contribution in [0.2, 0.25) is 0 Å². The molecule has 3 atom stereocenters. The molecule has 2 N–H and O–H groups in total. The Bertz CT molecular complexity index is 371. The van der Waals surface area contributed by atoms with Gasteiger partial charge in [-0.25, -0.2) is 0 Å². The van der Waals surface area contributed by atoms with Crippen molar-refractivity contribution in [1.82, 2.24) is 4.90 Å². The standard InChI is InChI=1S/C16H28N2/c1-11(2)14(5)18(6)16(13(4)17)15-9-7-8-12(3)10-15/h7-11,13-14,16H,17H2,1-6H3. The normalized spacial score (nSPS) is 16.9. The Morgan fingerprint density at radius 1 is 1.11 bits per heavy atom. The first-order chi connectivity index (χ1) is 8.34. The highest BCUT2D eigenvalue weighted by Gasteiger charge is 2.26. The molecule has 0 amide bonds. The first-order valence-electron chi connectivity index (χ1n) is 6.88. The predicted octanol–water partition coefficient (Wildman–Crippen LogP) is 3.36. The van der Waals surface area contributed by atoms with Crippen LogP contribution in [0.5, 0.6) is 0 Å². The van der Waals surface area contributed by atoms with Crippen LogP contribution < -0.4 is 5.73 Å². The van der Waals surface area contributed by atoms with Crippen molar-refractivity contribution in [3.8, 4) is 0 Å². The summed E-state index contributed by atoms with van der Waals surface area (Å²) in [6.07, 6.45) is 0. The lowest BCUT2D eigenvalue weighted by atomic mass is 9.94. The third kappa shape index (κ3) is 3.56. The van der Waals surface area contributed by atoms with E-state index in [0.29, 0.717) is 12.0 Å². The Hall–Kier alpha value is -0.860. The molecular weight excluding hydrogens is 220 g/mol. The van der Waals surface area contributed by atoms with E-state index in [2.05, 4.69) is 70.8 Å². The van der Waals surface area contributed by atoms with Crippen molar-refractivity contribution in [2.24, 2.45) is 11.7 Å². The van der Waals surface area contributed by atoms with Crippen LogP contribution in [0.25, 0.3) is 0 Å². The van der Waals surface area contributed by atoms with Crippen LogP contribution in [0, 0.1) is 12.8 Å². The van der Waals surface area contributed by atoms with E-state index < -0.39 is 0 Å². The highest BCUT2D eigenvalue weighted by molar-refractivity contribution is 5.26. The fraction of sp³-hybridized carbons (Fsp3) is 0.625. The molecule has 0 heterocycles. The summed E-state index contributed by atoms with van der Waals surface area (Å²) in [6, 6.07) is 9.60. The van der Waals surface area contributed by atoms with Gasteiger partial charge < -0.3 is 5.73 Å². The van der Waals surface area contributed by atoms with Gasteiger partial charge in [0, 0.05) is 18.1 Å². The van der Waals surface area contributed by atoms with Crippen molar-refractivity contribution in [2.75, 3.05) is 7.05 Å². The van der Waals surface area contributed by atoms with Crippen LogP contribution in [-0.2, 0) is 0 Å². The van der Waals surface area contributed by atoms with Crippen molar-refractivity contribution in [3.63, 3.8) is 0 Å². The summed E-state index contributed by atoms with van der Waals surface area (Å²) in [7, 11) is 2.18. The summed E-state index contributed by atoms with van der Waals surface area (Å²) >= 11 is 0. The largest absolute Gasteiger partial charge is 0.326 e. The molecule has 2 heteroatoms. The molecular formula is C16H28N2. The SMILES string of the molecule is Cc1cccc(C(C(C)N)N(C)C(C)C(C)C)c1. The second-order valence-electron chi connectivity index (χ2n) is 5.87. The lowest BCUT2D eigenvalue weighted by Crippen LogP contribution is -2.43. The maximum absolute atomic E-state index is 6.22. The molecule has 0 bridgehead atoms. The highest BCUT2D eigenvalue weighted by atomic mass is 15.2. The van der Waals surface area contributed by atoms with Crippen molar-refractivity contribution < 1.29 is 0 Å². The molecule has 0 aromatic heterocycles. The first-order valence-corrected chi connectivity index (χ1v) is 6.88. The van der Waals surface area contributed by atoms with Crippen LogP contribution in [0.15, 0.2) is 24.3 Å². The molecule has 1 aromatic carbocycles. The van der Waals surface area contributed by atoms with E-state index in [0.717, 1.165) is 0 Å². The zero-order valence-electron chi connectivity index (χ0n) is 12.6. The Morgan fingerprint density at radius 2 is 1.72 bits per heavy atom. The van der Waals surface area contributed by atoms with Crippen LogP contribution in [0.1, 0.15) is 44.9 Å². The quantitative estimate of drug-likeness (QED) is 0.865. The van der Waals surface area contributed by atoms with E-state index in [1.54, 1.807) is 0 Å². The van der Waals surface area contributed by atoms with Gasteiger partial charge >= 0.3 is 0 Å². The average molecular weight is 248 g/mol. The lowest BCUT2D eigenvalue weighted by Gasteiger charge is -2.37. The van der Waals surface area contributed by atoms with E-state index in [4.69, 9.17) is 5.73 Å². The van der Waals surface area contributed by atoms with E-state index in [1.807, 2.05) is 0 Å². The molecule has 0 aliphatic heterocycles. The fourth-order valence-corrected chi connectivity index (χ4v) is 2.49. The minimum Gasteiger partial charge on any atom is -0.326 e. The molecule has 0 saturated carbocycles. The Morgan fingerprint density at radius 3 is 2.17 bits per heavy atom. The molecule has 0 saturated heterocycles. The van der Waals surface area contributed by atoms with E-state index in [-0.39, 0.29) is 12.1 Å². The van der Waals surface area contributed by atoms with Crippen molar-refractivity contribution in [2.45, 2.75) is 52.7 Å². The average Bonchev–Trinajstić information content (AvgIpc) is 2.27. The second kappa shape index (κ2) is 6.35. The predicted molar refractivity (Wildman–Crippen MR) is 79.6 cm³/mol. The number of aryl methyl sites for hydroxylation is 1. The summed E-state index contributed by atoms with van der Waals surface area (Å²) in [5, 5.41) is 0. The zero-order valence-corrected chi connectivity index (χ0v) is 12.6. The van der Waals surface area contributed by atoms with Gasteiger partial charge in [0.15, 0.2) is 0 Å². The Kier molecular flexibility index (Phi) is 5.36. The van der Waals surface area contributed by atoms with Gasteiger partial charge in [-0.15, -0.1) is 0 Å². The number of nitrogens with two attached hydrogens (primary N) is 1. The van der Waals surface area contributed by atoms with Gasteiger partial charge in [-0.1, -0.05) is 43.7 Å². The van der Waals surface area contributed by atoms with Gasteiger partial charge in [0.05, 0.1) is 0 Å². The summed E-state index contributed by atoms with van der Waals surface area (Å²) < 4.78 is 0. The maximum atomic E-state index is 6.22. The van der Waals surface area contributed by atoms with Gasteiger partial charge in [0.1, 0.15) is 0 Å². The molecule has 2 nitrogen and oxygen atoms in total. The lowest BCUT2D eigenvalue weighted by molar-refractivity contribution is 0.133. The summed E-state index contributed by atoms with van der Waals surface area (Å²) in [4.78, 5) is 2.41. The Balaban J connectivity index is 3.03. The van der Waals surface area contributed by atoms with Crippen LogP contribution in [-0.4, -0.2) is 24.0 Å². The molecule has 18 heavy (non-hydrogen) atoms. The van der Waals surface area contributed by atoms with Gasteiger partial charge in [-0.05, 0) is 39.3 Å². The monoisotopic (exact) mass is 248 g/mol.